The van der Waals surface area contributed by atoms with E-state index in [1.807, 2.05) is 0 Å². The number of hydrogen-bond acceptors (Lipinski definition) is 2. The predicted octanol–water partition coefficient (Wildman–Crippen LogP) is 3.32. The fraction of sp³-hybridized carbons (Fsp3) is 0.786. The van der Waals surface area contributed by atoms with Crippen molar-refractivity contribution in [3.05, 3.63) is 12.2 Å². The van der Waals surface area contributed by atoms with E-state index in [4.69, 9.17) is 4.74 Å². The van der Waals surface area contributed by atoms with Crippen LogP contribution in [-0.2, 0) is 9.53 Å². The molecule has 0 amide bonds. The molecule has 0 unspecified atom stereocenters. The van der Waals surface area contributed by atoms with Crippen molar-refractivity contribution in [2.45, 2.75) is 52.6 Å². The average molecular weight is 222 g/mol. The van der Waals surface area contributed by atoms with Crippen LogP contribution in [0, 0.1) is 17.3 Å². The Labute approximate surface area is 98.1 Å². The summed E-state index contributed by atoms with van der Waals surface area (Å²) in [7, 11) is 0. The zero-order valence-corrected chi connectivity index (χ0v) is 10.6. The van der Waals surface area contributed by atoms with Crippen LogP contribution in [0.25, 0.3) is 0 Å². The summed E-state index contributed by atoms with van der Waals surface area (Å²) in [6.07, 6.45) is 4.39. The monoisotopic (exact) mass is 222 g/mol. The highest BCUT2D eigenvalue weighted by atomic mass is 16.5. The first-order valence-corrected chi connectivity index (χ1v) is 6.31. The molecule has 0 radical (unpaired) electrons. The Balaban J connectivity index is 2.13. The molecule has 2 rings (SSSR count). The van der Waals surface area contributed by atoms with Gasteiger partial charge < -0.3 is 4.74 Å². The van der Waals surface area contributed by atoms with Gasteiger partial charge in [-0.1, -0.05) is 27.4 Å². The third-order valence-corrected chi connectivity index (χ3v) is 4.48. The minimum atomic E-state index is -0.174. The zero-order valence-electron chi connectivity index (χ0n) is 10.6. The summed E-state index contributed by atoms with van der Waals surface area (Å²) < 4.78 is 5.55. The Hall–Kier alpha value is -0.790. The van der Waals surface area contributed by atoms with Crippen LogP contribution in [0.2, 0.25) is 0 Å². The first kappa shape index (κ1) is 11.7. The molecule has 1 saturated heterocycles. The van der Waals surface area contributed by atoms with Gasteiger partial charge in [-0.05, 0) is 37.5 Å². The number of ether oxygens (including phenoxy) is 1. The largest absolute Gasteiger partial charge is 0.458 e. The molecule has 0 aromatic carbocycles. The molecular formula is C14H22O2. The molecule has 16 heavy (non-hydrogen) atoms. The van der Waals surface area contributed by atoms with Crippen LogP contribution in [0.4, 0.5) is 0 Å². The predicted molar refractivity (Wildman–Crippen MR) is 63.9 cm³/mol. The lowest BCUT2D eigenvalue weighted by Crippen LogP contribution is -2.46. The van der Waals surface area contributed by atoms with E-state index in [1.54, 1.807) is 0 Å². The fourth-order valence-corrected chi connectivity index (χ4v) is 3.12. The highest BCUT2D eigenvalue weighted by Gasteiger charge is 2.46. The first-order valence-electron chi connectivity index (χ1n) is 6.31. The molecule has 0 aromatic rings. The normalized spacial score (nSPS) is 39.5. The summed E-state index contributed by atoms with van der Waals surface area (Å²) in [5, 5.41) is 0. The van der Waals surface area contributed by atoms with Crippen LogP contribution in [-0.4, -0.2) is 12.1 Å². The van der Waals surface area contributed by atoms with Gasteiger partial charge in [-0.2, -0.15) is 0 Å². The highest BCUT2D eigenvalue weighted by molar-refractivity contribution is 5.88. The zero-order chi connectivity index (χ0) is 11.9. The number of carbonyl (C=O) groups is 1. The topological polar surface area (TPSA) is 26.3 Å². The molecule has 1 aliphatic heterocycles. The minimum Gasteiger partial charge on any atom is -0.458 e. The van der Waals surface area contributed by atoms with E-state index in [1.165, 1.54) is 6.42 Å². The molecule has 3 atom stereocenters. The number of carbonyl (C=O) groups excluding carboxylic acids is 1. The molecule has 1 heterocycles. The number of fused-ring (bicyclic) bond motifs is 1. The van der Waals surface area contributed by atoms with Crippen LogP contribution >= 0.6 is 0 Å². The smallest absolute Gasteiger partial charge is 0.333 e. The van der Waals surface area contributed by atoms with Crippen molar-refractivity contribution in [2.24, 2.45) is 17.3 Å². The van der Waals surface area contributed by atoms with E-state index in [2.05, 4.69) is 27.4 Å². The van der Waals surface area contributed by atoms with Gasteiger partial charge in [0.05, 0.1) is 0 Å². The van der Waals surface area contributed by atoms with Crippen molar-refractivity contribution in [3.8, 4) is 0 Å². The summed E-state index contributed by atoms with van der Waals surface area (Å²) in [6.45, 7) is 10.6. The van der Waals surface area contributed by atoms with E-state index in [0.29, 0.717) is 17.4 Å². The second-order valence-corrected chi connectivity index (χ2v) is 6.11. The Morgan fingerprint density at radius 3 is 2.81 bits per heavy atom. The quantitative estimate of drug-likeness (QED) is 0.502. The molecular weight excluding hydrogens is 200 g/mol. The van der Waals surface area contributed by atoms with Crippen LogP contribution < -0.4 is 0 Å². The van der Waals surface area contributed by atoms with Gasteiger partial charge in [0, 0.05) is 11.0 Å². The van der Waals surface area contributed by atoms with Gasteiger partial charge in [-0.25, -0.2) is 4.79 Å². The first-order chi connectivity index (χ1) is 7.42. The summed E-state index contributed by atoms with van der Waals surface area (Å²) >= 11 is 0. The molecule has 90 valence electrons. The molecule has 0 N–H and O–H groups in total. The van der Waals surface area contributed by atoms with E-state index < -0.39 is 0 Å². The van der Waals surface area contributed by atoms with Gasteiger partial charge in [-0.15, -0.1) is 0 Å². The van der Waals surface area contributed by atoms with Crippen molar-refractivity contribution >= 4 is 5.97 Å². The van der Waals surface area contributed by atoms with E-state index in [-0.39, 0.29) is 17.5 Å². The lowest BCUT2D eigenvalue weighted by molar-refractivity contribution is -0.164. The third kappa shape index (κ3) is 1.90. The summed E-state index contributed by atoms with van der Waals surface area (Å²) in [5.41, 5.74) is 0.804. The summed E-state index contributed by atoms with van der Waals surface area (Å²) in [5.74, 6) is 1.22. The summed E-state index contributed by atoms with van der Waals surface area (Å²) in [4.78, 5) is 11.5. The minimum absolute atomic E-state index is 0.117. The van der Waals surface area contributed by atoms with Gasteiger partial charge in [0.25, 0.3) is 0 Å². The van der Waals surface area contributed by atoms with Crippen LogP contribution in [0.3, 0.4) is 0 Å². The third-order valence-electron chi connectivity index (χ3n) is 4.48. The summed E-state index contributed by atoms with van der Waals surface area (Å²) in [6, 6.07) is 0. The Morgan fingerprint density at radius 2 is 2.19 bits per heavy atom. The Morgan fingerprint density at radius 1 is 1.50 bits per heavy atom. The van der Waals surface area contributed by atoms with E-state index >= 15 is 0 Å². The molecule has 1 aliphatic carbocycles. The molecule has 2 aliphatic rings. The maximum Gasteiger partial charge on any atom is 0.333 e. The molecule has 0 aromatic heterocycles. The molecule has 0 spiro atoms. The van der Waals surface area contributed by atoms with Crippen molar-refractivity contribution in [2.75, 3.05) is 0 Å². The molecule has 1 saturated carbocycles. The SMILES string of the molecule is C=C1C[C@]2(C)CC[C@@H](C(C)C)C[C@H]2OC1=O. The fourth-order valence-electron chi connectivity index (χ4n) is 3.12. The van der Waals surface area contributed by atoms with Gasteiger partial charge >= 0.3 is 5.97 Å². The molecule has 2 fully saturated rings. The maximum atomic E-state index is 11.5. The molecule has 2 heteroatoms. The lowest BCUT2D eigenvalue weighted by atomic mass is 9.63. The van der Waals surface area contributed by atoms with Crippen LogP contribution in [0.1, 0.15) is 46.5 Å². The van der Waals surface area contributed by atoms with Gasteiger partial charge in [-0.3, -0.25) is 0 Å². The van der Waals surface area contributed by atoms with Gasteiger partial charge in [0.1, 0.15) is 6.10 Å². The number of hydrogen-bond donors (Lipinski definition) is 0. The number of esters is 1. The Bertz CT molecular complexity index is 319. The second kappa shape index (κ2) is 3.90. The highest BCUT2D eigenvalue weighted by Crippen LogP contribution is 2.48. The lowest BCUT2D eigenvalue weighted by Gasteiger charge is -2.47. The van der Waals surface area contributed by atoms with Crippen molar-refractivity contribution in [3.63, 3.8) is 0 Å². The Kier molecular flexibility index (Phi) is 2.85. The molecule has 0 bridgehead atoms. The maximum absolute atomic E-state index is 11.5. The average Bonchev–Trinajstić information content (AvgIpc) is 2.19. The number of rotatable bonds is 1. The standard InChI is InChI=1S/C14H22O2/c1-9(2)11-5-6-14(4)8-10(3)13(15)16-12(14)7-11/h9,11-12H,3,5-8H2,1-2,4H3/t11-,12-,14+/m1/s1. The van der Waals surface area contributed by atoms with Crippen molar-refractivity contribution in [1.29, 1.82) is 0 Å². The van der Waals surface area contributed by atoms with Crippen molar-refractivity contribution < 1.29 is 9.53 Å². The van der Waals surface area contributed by atoms with Crippen LogP contribution in [0.5, 0.6) is 0 Å². The van der Waals surface area contributed by atoms with Gasteiger partial charge in [0.15, 0.2) is 0 Å². The molecule has 2 nitrogen and oxygen atoms in total. The van der Waals surface area contributed by atoms with Crippen LogP contribution in [0.15, 0.2) is 12.2 Å². The van der Waals surface area contributed by atoms with Crippen molar-refractivity contribution in [1.82, 2.24) is 0 Å². The van der Waals surface area contributed by atoms with E-state index in [9.17, 15) is 4.79 Å². The van der Waals surface area contributed by atoms with E-state index in [0.717, 1.165) is 19.3 Å². The second-order valence-electron chi connectivity index (χ2n) is 6.11. The van der Waals surface area contributed by atoms with Gasteiger partial charge in [0.2, 0.25) is 0 Å².